The zero-order valence-corrected chi connectivity index (χ0v) is 61.0. The van der Waals surface area contributed by atoms with Gasteiger partial charge in [-0.05, 0) is 26.6 Å². The molecule has 0 aliphatic carbocycles. The second kappa shape index (κ2) is 46.8. The zero-order chi connectivity index (χ0) is 81.5. The number of amides is 4. The fourth-order valence-electron chi connectivity index (χ4n) is 10.3. The third-order valence-corrected chi connectivity index (χ3v) is 17.6. The van der Waals surface area contributed by atoms with Crippen molar-refractivity contribution < 1.29 is 167 Å². The molecule has 3 aliphatic rings. The first kappa shape index (κ1) is 92.6. The molecule has 0 aromatic carbocycles. The van der Waals surface area contributed by atoms with Crippen LogP contribution in [0.5, 0.6) is 0 Å². The molecule has 49 nitrogen and oxygen atoms in total. The summed E-state index contributed by atoms with van der Waals surface area (Å²) in [6, 6.07) is -7.57. The third-order valence-electron chi connectivity index (χ3n) is 16.2. The van der Waals surface area contributed by atoms with Crippen LogP contribution < -0.4 is 31.9 Å². The highest BCUT2D eigenvalue weighted by Gasteiger charge is 2.50. The third kappa shape index (κ3) is 29.0. The van der Waals surface area contributed by atoms with E-state index in [9.17, 15) is 114 Å². The van der Waals surface area contributed by atoms with Crippen molar-refractivity contribution in [1.82, 2.24) is 76.9 Å². The van der Waals surface area contributed by atoms with Crippen molar-refractivity contribution in [3.05, 3.63) is 35.7 Å². The summed E-state index contributed by atoms with van der Waals surface area (Å²) in [7, 11) is 3.00. The molecule has 0 radical (unpaired) electrons. The van der Waals surface area contributed by atoms with Crippen LogP contribution in [-0.2, 0) is 129 Å². The largest absolute Gasteiger partial charge is 0.481 e. The molecular weight excluding hydrogens is 1530 g/mol. The van der Waals surface area contributed by atoms with E-state index >= 15 is 0 Å². The molecule has 620 valence electrons. The summed E-state index contributed by atoms with van der Waals surface area (Å²) in [4.78, 5) is 122. The lowest BCUT2D eigenvalue weighted by Gasteiger charge is -2.38. The fraction of sp³-hybridized carbons (Fsp3) is 0.729. The van der Waals surface area contributed by atoms with E-state index in [1.807, 2.05) is 0 Å². The van der Waals surface area contributed by atoms with Gasteiger partial charge in [-0.15, -0.1) is 15.3 Å². The van der Waals surface area contributed by atoms with Gasteiger partial charge >= 0.3 is 35.8 Å². The number of hydrogen-bond donors (Lipinski definition) is 21. The van der Waals surface area contributed by atoms with Crippen LogP contribution in [0.1, 0.15) is 23.5 Å². The number of hydrogen-bond acceptors (Lipinski definition) is 38. The lowest BCUT2D eigenvalue weighted by atomic mass is 9.99. The molecule has 0 saturated carbocycles. The Bertz CT molecular complexity index is 3420. The molecule has 21 N–H and O–H groups in total. The lowest BCUT2D eigenvalue weighted by molar-refractivity contribution is -0.295. The predicted molar refractivity (Wildman–Crippen MR) is 362 cm³/mol. The van der Waals surface area contributed by atoms with Crippen LogP contribution in [0.3, 0.4) is 0 Å². The lowest BCUT2D eigenvalue weighted by Crippen LogP contribution is -2.60. The van der Waals surface area contributed by atoms with Crippen molar-refractivity contribution in [3.8, 4) is 0 Å². The number of aromatic nitrogens is 9. The summed E-state index contributed by atoms with van der Waals surface area (Å²) in [5.74, 6) is -11.9. The number of aliphatic hydroxyl groups is 9. The van der Waals surface area contributed by atoms with E-state index in [-0.39, 0.29) is 108 Å². The molecule has 110 heavy (non-hydrogen) atoms. The van der Waals surface area contributed by atoms with E-state index < -0.39 is 201 Å². The normalized spacial score (nSPS) is 25.6. The van der Waals surface area contributed by atoms with Gasteiger partial charge in [-0.2, -0.15) is 23.5 Å². The summed E-state index contributed by atoms with van der Waals surface area (Å²) in [6.45, 7) is 0.0782. The quantitative estimate of drug-likeness (QED) is 0.0233. The van der Waals surface area contributed by atoms with Crippen LogP contribution in [-0.4, -0.2) is 407 Å². The standard InChI is InChI=1S/C39H60N10O23S.C20H33N5O11S/c1-40-19(11-17-14-48(46-44-17)3-5-67-7-9-69-38-28(56)24(52)26(54)30(71-38)36(63)64)32(58)42-21(13-23(50)51)34(60)41-20(33(59)43-22(16-73-2)35(61)62)12-18-15-49(47-45-18)4-6-68-8-10-70-39-29(57)25(53)27(55)31(72-39)37(65)66;1-21-11(17(29)22-12(9-37-2)18(30)31)7-10-8-25(24-23-10)3-4-34-5-6-35-20-15(28)13(26)14(27)16(36-20)19(32)33/h14-15,19-22,24-31,38-40,52-57H,3-13,16H2,1-2H3,(H,41,60)(H,42,58)(H,43,59)(H,50,51)(H,61,62)(H,63,64)(H,65,66);8,11-16,20-21,26-28H,3-7,9H2,1-2H3,(H,22,29)(H,30,31)(H,32,33)/t19-,20-,21-,22+,24-,25-,26?,27?,28-,29-,30?,31?,38?,39?;11-,12+,13-,14?,15-,16?,20?/m00/s1. The molecule has 21 atom stereocenters. The van der Waals surface area contributed by atoms with Gasteiger partial charge in [0.25, 0.3) is 0 Å². The van der Waals surface area contributed by atoms with Crippen LogP contribution in [0.2, 0.25) is 0 Å². The summed E-state index contributed by atoms with van der Waals surface area (Å²) in [6.07, 6.45) is -19.6. The Kier molecular flexibility index (Phi) is 39.4. The monoisotopic (exact) mass is 1620 g/mol. The minimum Gasteiger partial charge on any atom is -0.481 e. The molecule has 0 bridgehead atoms. The van der Waals surface area contributed by atoms with Gasteiger partial charge in [0.15, 0.2) is 37.2 Å². The minimum absolute atomic E-state index is 0.0169. The van der Waals surface area contributed by atoms with E-state index in [4.69, 9.17) is 52.8 Å². The van der Waals surface area contributed by atoms with Crippen molar-refractivity contribution in [2.45, 2.75) is 174 Å². The highest BCUT2D eigenvalue weighted by atomic mass is 32.2. The number of rotatable bonds is 48. The Hall–Kier alpha value is -7.98. The van der Waals surface area contributed by atoms with Gasteiger partial charge in [-0.3, -0.25) is 24.0 Å². The van der Waals surface area contributed by atoms with Crippen LogP contribution >= 0.6 is 23.5 Å². The number of aliphatic carboxylic acids is 6. The molecule has 4 amide bonds. The molecule has 3 saturated heterocycles. The van der Waals surface area contributed by atoms with Gasteiger partial charge in [0.1, 0.15) is 79.1 Å². The Morgan fingerprint density at radius 1 is 0.400 bits per heavy atom. The molecule has 51 heteroatoms. The predicted octanol–water partition coefficient (Wildman–Crippen LogP) is -12.3. The Labute approximate surface area is 631 Å². The number of nitrogens with zero attached hydrogens (tertiary/aromatic N) is 9. The van der Waals surface area contributed by atoms with Gasteiger partial charge in [0.05, 0.1) is 115 Å². The summed E-state index contributed by atoms with van der Waals surface area (Å²) >= 11 is 2.42. The number of carboxylic acids is 6. The summed E-state index contributed by atoms with van der Waals surface area (Å²) in [5.41, 5.74) is 0.892. The van der Waals surface area contributed by atoms with Crippen LogP contribution in [0, 0.1) is 0 Å². The van der Waals surface area contributed by atoms with Crippen molar-refractivity contribution in [3.63, 3.8) is 0 Å². The van der Waals surface area contributed by atoms with Gasteiger partial charge in [0.2, 0.25) is 23.6 Å². The van der Waals surface area contributed by atoms with E-state index in [2.05, 4.69) is 62.8 Å². The van der Waals surface area contributed by atoms with Crippen LogP contribution in [0.15, 0.2) is 18.6 Å². The number of aliphatic hydroxyl groups excluding tert-OH is 9. The maximum Gasteiger partial charge on any atom is 0.335 e. The molecular formula is C59H93N15O34S2. The van der Waals surface area contributed by atoms with E-state index in [0.29, 0.717) is 12.2 Å². The van der Waals surface area contributed by atoms with E-state index in [1.54, 1.807) is 25.8 Å². The molecule has 6 rings (SSSR count). The topological polar surface area (TPSA) is 722 Å². The average molecular weight is 1620 g/mol. The first-order valence-electron chi connectivity index (χ1n) is 33.5. The Morgan fingerprint density at radius 2 is 0.682 bits per heavy atom. The number of carbonyl (C=O) groups is 10. The summed E-state index contributed by atoms with van der Waals surface area (Å²) < 4.78 is 51.4. The van der Waals surface area contributed by atoms with Crippen molar-refractivity contribution >= 4 is 83.0 Å². The number of carboxylic acid groups (broad SMARTS) is 6. The van der Waals surface area contributed by atoms with E-state index in [0.717, 1.165) is 11.8 Å². The zero-order valence-electron chi connectivity index (χ0n) is 59.4. The first-order valence-corrected chi connectivity index (χ1v) is 36.3. The number of ether oxygens (including phenoxy) is 9. The number of nitrogens with one attached hydrogen (secondary N) is 6. The highest BCUT2D eigenvalue weighted by molar-refractivity contribution is 7.98. The molecule has 0 spiro atoms. The SMILES string of the molecule is CN[C@@H](Cc1cn(CCOCCOC2OC(C(=O)O)C(O)[C@H](O)[C@@H]2O)nn1)C(=O)N[C@@H](CC(=O)O)C(=O)N[C@@H](Cc1cn(CCOCCOC2OC(C(=O)O)C(O)[C@H](O)[C@@H]2O)nn1)C(=O)N[C@H](CSC)C(=O)O.CN[C@@H](Cc1cn(CCOCCOC2OC(C(=O)O)C(O)[C@H](O)[C@@H]2O)nn1)C(=O)N[C@H](CSC)C(=O)O. The molecule has 9 unspecified atom stereocenters. The second-order valence-corrected chi connectivity index (χ2v) is 26.1. The van der Waals surface area contributed by atoms with Crippen molar-refractivity contribution in [2.24, 2.45) is 0 Å². The van der Waals surface area contributed by atoms with Gasteiger partial charge < -0.3 is 151 Å². The van der Waals surface area contributed by atoms with Gasteiger partial charge in [-0.25, -0.2) is 38.0 Å². The maximum atomic E-state index is 13.7. The number of likely N-dealkylation sites (N-methyl/N-ethyl adjacent to an activating group) is 2. The minimum atomic E-state index is -1.89. The summed E-state index contributed by atoms with van der Waals surface area (Å²) in [5, 5.41) is 184. The molecule has 3 aliphatic heterocycles. The molecule has 3 aromatic heterocycles. The van der Waals surface area contributed by atoms with Crippen LogP contribution in [0.25, 0.3) is 0 Å². The average Bonchev–Trinajstić information content (AvgIpc) is 1.50. The molecule has 3 fully saturated rings. The second-order valence-electron chi connectivity index (χ2n) is 24.3. The molecule has 3 aromatic rings. The van der Waals surface area contributed by atoms with E-state index in [1.165, 1.54) is 45.2 Å². The highest BCUT2D eigenvalue weighted by Crippen LogP contribution is 2.25. The maximum absolute atomic E-state index is 13.7. The smallest absolute Gasteiger partial charge is 0.335 e. The fourth-order valence-corrected chi connectivity index (χ4v) is 11.4. The Morgan fingerprint density at radius 3 is 0.964 bits per heavy atom. The van der Waals surface area contributed by atoms with Gasteiger partial charge in [-0.1, -0.05) is 15.6 Å². The molecule has 6 heterocycles. The first-order chi connectivity index (χ1) is 52.2. The van der Waals surface area contributed by atoms with Crippen LogP contribution in [0.4, 0.5) is 0 Å². The number of carbonyl (C=O) groups excluding carboxylic acids is 4. The Balaban J connectivity index is 0.000000489. The number of thioether (sulfide) groups is 2. The van der Waals surface area contributed by atoms with Crippen molar-refractivity contribution in [1.29, 1.82) is 0 Å². The van der Waals surface area contributed by atoms with Crippen molar-refractivity contribution in [2.75, 3.05) is 97.6 Å². The van der Waals surface area contributed by atoms with Gasteiger partial charge in [0, 0.05) is 49.4 Å².